The Balaban J connectivity index is 2.25. The monoisotopic (exact) mass is 283 g/mol. The number of halogens is 1. The van der Waals surface area contributed by atoms with Crippen molar-refractivity contribution in [3.8, 4) is 0 Å². The minimum absolute atomic E-state index is 0.0902. The molecule has 0 radical (unpaired) electrons. The number of aryl methyl sites for hydroxylation is 1. The lowest BCUT2D eigenvalue weighted by Gasteiger charge is -2.15. The van der Waals surface area contributed by atoms with Gasteiger partial charge in [-0.3, -0.25) is 4.79 Å². The molecule has 1 N–H and O–H groups in total. The van der Waals surface area contributed by atoms with Gasteiger partial charge in [0.1, 0.15) is 5.02 Å². The van der Waals surface area contributed by atoms with Crippen molar-refractivity contribution in [3.63, 3.8) is 0 Å². The number of nitrogens with zero attached hydrogens (tertiary/aromatic N) is 2. The zero-order valence-corrected chi connectivity index (χ0v) is 11.8. The van der Waals surface area contributed by atoms with Crippen molar-refractivity contribution < 1.29 is 0 Å². The van der Waals surface area contributed by atoms with Crippen LogP contribution >= 0.6 is 22.9 Å². The van der Waals surface area contributed by atoms with E-state index < -0.39 is 0 Å². The average molecular weight is 284 g/mol. The molecular formula is C12H14ClN3OS. The molecule has 6 heteroatoms. The van der Waals surface area contributed by atoms with Crippen LogP contribution in [-0.4, -0.2) is 9.78 Å². The van der Waals surface area contributed by atoms with Crippen LogP contribution in [0.1, 0.15) is 25.5 Å². The summed E-state index contributed by atoms with van der Waals surface area (Å²) in [4.78, 5) is 11.8. The lowest BCUT2D eigenvalue weighted by molar-refractivity contribution is 0.615. The lowest BCUT2D eigenvalue weighted by atomic mass is 10.2. The van der Waals surface area contributed by atoms with E-state index in [1.54, 1.807) is 17.5 Å². The summed E-state index contributed by atoms with van der Waals surface area (Å²) in [5, 5.41) is 11.5. The molecule has 0 aliphatic heterocycles. The van der Waals surface area contributed by atoms with Crippen molar-refractivity contribution in [2.75, 3.05) is 5.32 Å². The Morgan fingerprint density at radius 1 is 1.61 bits per heavy atom. The topological polar surface area (TPSA) is 46.9 Å². The largest absolute Gasteiger partial charge is 0.376 e. The number of hydrogen-bond donors (Lipinski definition) is 1. The van der Waals surface area contributed by atoms with Gasteiger partial charge in [-0.25, -0.2) is 4.68 Å². The fourth-order valence-corrected chi connectivity index (χ4v) is 2.58. The Morgan fingerprint density at radius 3 is 3.00 bits per heavy atom. The van der Waals surface area contributed by atoms with Gasteiger partial charge < -0.3 is 5.32 Å². The van der Waals surface area contributed by atoms with Crippen molar-refractivity contribution in [2.24, 2.45) is 0 Å². The van der Waals surface area contributed by atoms with Crippen LogP contribution in [0.25, 0.3) is 0 Å². The Kier molecular flexibility index (Phi) is 4.04. The first-order valence-electron chi connectivity index (χ1n) is 5.67. The molecular weight excluding hydrogens is 270 g/mol. The van der Waals surface area contributed by atoms with Crippen LogP contribution in [0.5, 0.6) is 0 Å². The Bertz CT molecular complexity index is 580. The van der Waals surface area contributed by atoms with Crippen molar-refractivity contribution >= 4 is 28.6 Å². The van der Waals surface area contributed by atoms with Crippen LogP contribution in [0.3, 0.4) is 0 Å². The number of rotatable bonds is 4. The van der Waals surface area contributed by atoms with Crippen LogP contribution in [0.4, 0.5) is 5.69 Å². The van der Waals surface area contributed by atoms with E-state index in [0.29, 0.717) is 12.2 Å². The SMILES string of the molecule is CCn1ncc(NC(C)c2ccsc2)c(Cl)c1=O. The van der Waals surface area contributed by atoms with E-state index in [1.807, 2.05) is 25.3 Å². The smallest absolute Gasteiger partial charge is 0.287 e. The van der Waals surface area contributed by atoms with Crippen molar-refractivity contribution in [1.29, 1.82) is 0 Å². The van der Waals surface area contributed by atoms with E-state index in [1.165, 1.54) is 4.68 Å². The first-order valence-corrected chi connectivity index (χ1v) is 6.99. The van der Waals surface area contributed by atoms with Gasteiger partial charge in [0, 0.05) is 12.6 Å². The molecule has 0 amide bonds. The molecule has 0 aliphatic rings. The van der Waals surface area contributed by atoms with E-state index in [0.717, 1.165) is 5.56 Å². The van der Waals surface area contributed by atoms with E-state index in [4.69, 9.17) is 11.6 Å². The molecule has 4 nitrogen and oxygen atoms in total. The highest BCUT2D eigenvalue weighted by atomic mass is 35.5. The number of anilines is 1. The third-order valence-corrected chi connectivity index (χ3v) is 3.77. The third kappa shape index (κ3) is 2.57. The molecule has 2 rings (SSSR count). The van der Waals surface area contributed by atoms with Crippen molar-refractivity contribution in [2.45, 2.75) is 26.4 Å². The second-order valence-electron chi connectivity index (χ2n) is 3.92. The van der Waals surface area contributed by atoms with Gasteiger partial charge in [-0.2, -0.15) is 16.4 Å². The van der Waals surface area contributed by atoms with Gasteiger partial charge in [0.25, 0.3) is 5.56 Å². The zero-order chi connectivity index (χ0) is 13.1. The molecule has 0 fully saturated rings. The van der Waals surface area contributed by atoms with Crippen LogP contribution < -0.4 is 10.9 Å². The van der Waals surface area contributed by atoms with Gasteiger partial charge in [0.05, 0.1) is 11.9 Å². The third-order valence-electron chi connectivity index (χ3n) is 2.70. The second-order valence-corrected chi connectivity index (χ2v) is 5.07. The average Bonchev–Trinajstić information content (AvgIpc) is 2.89. The molecule has 0 bridgehead atoms. The summed E-state index contributed by atoms with van der Waals surface area (Å²) in [7, 11) is 0. The van der Waals surface area contributed by atoms with E-state index in [9.17, 15) is 4.79 Å². The predicted octanol–water partition coefficient (Wildman–Crippen LogP) is 3.15. The molecule has 96 valence electrons. The van der Waals surface area contributed by atoms with Gasteiger partial charge in [-0.15, -0.1) is 0 Å². The molecule has 2 aromatic heterocycles. The fraction of sp³-hybridized carbons (Fsp3) is 0.333. The molecule has 2 heterocycles. The molecule has 0 saturated heterocycles. The number of nitrogens with one attached hydrogen (secondary N) is 1. The fourth-order valence-electron chi connectivity index (χ4n) is 1.63. The van der Waals surface area contributed by atoms with Gasteiger partial charge >= 0.3 is 0 Å². The first-order chi connectivity index (χ1) is 8.63. The van der Waals surface area contributed by atoms with Crippen molar-refractivity contribution in [3.05, 3.63) is 44.0 Å². The Hall–Kier alpha value is -1.33. The quantitative estimate of drug-likeness (QED) is 0.938. The van der Waals surface area contributed by atoms with Gasteiger partial charge in [0.2, 0.25) is 0 Å². The zero-order valence-electron chi connectivity index (χ0n) is 10.2. The molecule has 0 spiro atoms. The van der Waals surface area contributed by atoms with Crippen LogP contribution in [-0.2, 0) is 6.54 Å². The van der Waals surface area contributed by atoms with Crippen LogP contribution in [0.15, 0.2) is 27.8 Å². The Morgan fingerprint density at radius 2 is 2.39 bits per heavy atom. The predicted molar refractivity (Wildman–Crippen MR) is 75.5 cm³/mol. The maximum Gasteiger partial charge on any atom is 0.287 e. The van der Waals surface area contributed by atoms with E-state index >= 15 is 0 Å². The molecule has 18 heavy (non-hydrogen) atoms. The van der Waals surface area contributed by atoms with Gasteiger partial charge in [-0.05, 0) is 36.2 Å². The highest BCUT2D eigenvalue weighted by molar-refractivity contribution is 7.07. The first kappa shape index (κ1) is 13.1. The summed E-state index contributed by atoms with van der Waals surface area (Å²) in [5.41, 5.74) is 1.47. The minimum Gasteiger partial charge on any atom is -0.376 e. The highest BCUT2D eigenvalue weighted by Gasteiger charge is 2.12. The molecule has 2 aromatic rings. The summed E-state index contributed by atoms with van der Waals surface area (Å²) >= 11 is 7.69. The van der Waals surface area contributed by atoms with Crippen LogP contribution in [0.2, 0.25) is 5.02 Å². The normalized spacial score (nSPS) is 12.4. The van der Waals surface area contributed by atoms with E-state index in [2.05, 4.69) is 15.8 Å². The summed E-state index contributed by atoms with van der Waals surface area (Å²) in [6.45, 7) is 4.38. The maximum absolute atomic E-state index is 11.8. The highest BCUT2D eigenvalue weighted by Crippen LogP contribution is 2.23. The molecule has 0 aliphatic carbocycles. The Labute approximate surface area is 114 Å². The number of thiophene rings is 1. The molecule has 0 aromatic carbocycles. The second kappa shape index (κ2) is 5.54. The molecule has 1 atom stereocenters. The van der Waals surface area contributed by atoms with E-state index in [-0.39, 0.29) is 16.6 Å². The summed E-state index contributed by atoms with van der Waals surface area (Å²) in [6.07, 6.45) is 1.59. The standard InChI is InChI=1S/C12H14ClN3OS/c1-3-16-12(17)11(13)10(6-14-16)15-8(2)9-4-5-18-7-9/h4-8,15H,3H2,1-2H3. The molecule has 0 saturated carbocycles. The van der Waals surface area contributed by atoms with Gasteiger partial charge in [-0.1, -0.05) is 11.6 Å². The van der Waals surface area contributed by atoms with Crippen molar-refractivity contribution in [1.82, 2.24) is 9.78 Å². The minimum atomic E-state index is -0.262. The summed E-state index contributed by atoms with van der Waals surface area (Å²) < 4.78 is 1.34. The number of aromatic nitrogens is 2. The summed E-state index contributed by atoms with van der Waals surface area (Å²) in [5.74, 6) is 0. The summed E-state index contributed by atoms with van der Waals surface area (Å²) in [6, 6.07) is 2.13. The molecule has 1 unspecified atom stereocenters. The number of hydrogen-bond acceptors (Lipinski definition) is 4. The lowest BCUT2D eigenvalue weighted by Crippen LogP contribution is -2.23. The maximum atomic E-state index is 11.8. The van der Waals surface area contributed by atoms with Gasteiger partial charge in [0.15, 0.2) is 0 Å². The van der Waals surface area contributed by atoms with Crippen LogP contribution in [0, 0.1) is 0 Å².